The molecule has 1 aliphatic rings. The van der Waals surface area contributed by atoms with Crippen molar-refractivity contribution < 1.29 is 18.7 Å². The minimum atomic E-state index is -0.564. The maximum atomic E-state index is 13.4. The van der Waals surface area contributed by atoms with E-state index in [1.807, 2.05) is 6.92 Å². The van der Waals surface area contributed by atoms with Crippen molar-refractivity contribution in [2.24, 2.45) is 5.41 Å². The Morgan fingerprint density at radius 1 is 1.32 bits per heavy atom. The summed E-state index contributed by atoms with van der Waals surface area (Å²) in [4.78, 5) is 29.1. The number of amides is 1. The summed E-state index contributed by atoms with van der Waals surface area (Å²) in [6.07, 6.45) is 4.50. The maximum absolute atomic E-state index is 13.4. The molecule has 1 aliphatic carbocycles. The Hall–Kier alpha value is -2.76. The second-order valence-corrected chi connectivity index (χ2v) is 7.49. The number of nitrogens with zero attached hydrogens (tertiary/aromatic N) is 1. The van der Waals surface area contributed by atoms with Crippen LogP contribution in [0.25, 0.3) is 11.3 Å². The summed E-state index contributed by atoms with van der Waals surface area (Å²) < 4.78 is 18.6. The van der Waals surface area contributed by atoms with Crippen LogP contribution in [0, 0.1) is 11.2 Å². The van der Waals surface area contributed by atoms with Gasteiger partial charge in [-0.1, -0.05) is 18.6 Å². The maximum Gasteiger partial charge on any atom is 0.311 e. The third-order valence-corrected chi connectivity index (χ3v) is 5.23. The fourth-order valence-corrected chi connectivity index (χ4v) is 3.72. The van der Waals surface area contributed by atoms with E-state index < -0.39 is 5.41 Å². The summed E-state index contributed by atoms with van der Waals surface area (Å²) >= 11 is 0. The highest BCUT2D eigenvalue weighted by atomic mass is 19.1. The highest BCUT2D eigenvalue weighted by Crippen LogP contribution is 2.37. The summed E-state index contributed by atoms with van der Waals surface area (Å²) in [6.45, 7) is 4.05. The van der Waals surface area contributed by atoms with Gasteiger partial charge in [-0.05, 0) is 57.4 Å². The lowest BCUT2D eigenvalue weighted by molar-refractivity contribution is -0.156. The Labute approximate surface area is 164 Å². The average molecular weight is 384 g/mol. The molecule has 0 spiro atoms. The van der Waals surface area contributed by atoms with Gasteiger partial charge >= 0.3 is 5.97 Å². The molecule has 1 N–H and O–H groups in total. The van der Waals surface area contributed by atoms with Crippen LogP contribution in [0.3, 0.4) is 0 Å². The second kappa shape index (κ2) is 8.50. The zero-order valence-corrected chi connectivity index (χ0v) is 16.2. The van der Waals surface area contributed by atoms with Gasteiger partial charge in [-0.25, -0.2) is 4.39 Å². The third kappa shape index (κ3) is 4.55. The van der Waals surface area contributed by atoms with Crippen LogP contribution < -0.4 is 5.32 Å². The summed E-state index contributed by atoms with van der Waals surface area (Å²) in [5.41, 5.74) is 1.13. The summed E-state index contributed by atoms with van der Waals surface area (Å²) in [5.74, 6) is -0.755. The molecule has 1 amide bonds. The Balaban J connectivity index is 1.65. The molecule has 0 radical (unpaired) electrons. The molecule has 6 heteroatoms. The molecule has 2 unspecified atom stereocenters. The van der Waals surface area contributed by atoms with Gasteiger partial charge in [0.15, 0.2) is 0 Å². The zero-order chi connectivity index (χ0) is 20.1. The number of nitrogens with one attached hydrogen (secondary N) is 1. The Bertz CT molecular complexity index is 853. The number of hydrogen-bond donors (Lipinski definition) is 1. The van der Waals surface area contributed by atoms with Gasteiger partial charge < -0.3 is 10.1 Å². The minimum Gasteiger partial charge on any atom is -0.466 e. The largest absolute Gasteiger partial charge is 0.466 e. The lowest BCUT2D eigenvalue weighted by atomic mass is 9.73. The molecule has 0 bridgehead atoms. The van der Waals surface area contributed by atoms with Crippen LogP contribution in [0.15, 0.2) is 42.6 Å². The normalized spacial score (nSPS) is 21.8. The summed E-state index contributed by atoms with van der Waals surface area (Å²) in [7, 11) is 0. The fourth-order valence-electron chi connectivity index (χ4n) is 3.72. The van der Waals surface area contributed by atoms with E-state index in [2.05, 4.69) is 10.3 Å². The van der Waals surface area contributed by atoms with Crippen molar-refractivity contribution in [1.29, 1.82) is 0 Å². The first-order chi connectivity index (χ1) is 13.4. The van der Waals surface area contributed by atoms with E-state index >= 15 is 0 Å². The number of benzene rings is 1. The van der Waals surface area contributed by atoms with E-state index in [9.17, 15) is 14.0 Å². The number of hydrogen-bond acceptors (Lipinski definition) is 4. The lowest BCUT2D eigenvalue weighted by Gasteiger charge is -2.36. The van der Waals surface area contributed by atoms with Gasteiger partial charge in [0.25, 0.3) is 5.91 Å². The van der Waals surface area contributed by atoms with Gasteiger partial charge in [-0.3, -0.25) is 14.6 Å². The van der Waals surface area contributed by atoms with Crippen molar-refractivity contribution in [3.63, 3.8) is 0 Å². The molecule has 0 saturated heterocycles. The third-order valence-electron chi connectivity index (χ3n) is 5.23. The molecule has 5 nitrogen and oxygen atoms in total. The first-order valence-electron chi connectivity index (χ1n) is 9.61. The Kier molecular flexibility index (Phi) is 6.07. The number of esters is 1. The van der Waals surface area contributed by atoms with Crippen LogP contribution >= 0.6 is 0 Å². The van der Waals surface area contributed by atoms with Gasteiger partial charge in [-0.2, -0.15) is 0 Å². The van der Waals surface area contributed by atoms with E-state index in [1.165, 1.54) is 18.3 Å². The monoisotopic (exact) mass is 384 g/mol. The Morgan fingerprint density at radius 2 is 2.14 bits per heavy atom. The number of carbonyl (C=O) groups excluding carboxylic acids is 2. The molecule has 1 aromatic heterocycles. The van der Waals surface area contributed by atoms with Crippen LogP contribution in [0.2, 0.25) is 0 Å². The number of rotatable bonds is 5. The number of pyridine rings is 1. The van der Waals surface area contributed by atoms with Crippen molar-refractivity contribution in [2.75, 3.05) is 6.61 Å². The van der Waals surface area contributed by atoms with Gasteiger partial charge in [0.2, 0.25) is 0 Å². The van der Waals surface area contributed by atoms with Crippen LogP contribution in [-0.4, -0.2) is 29.5 Å². The van der Waals surface area contributed by atoms with E-state index in [4.69, 9.17) is 4.74 Å². The van der Waals surface area contributed by atoms with E-state index in [0.717, 1.165) is 19.3 Å². The first kappa shape index (κ1) is 20.0. The first-order valence-corrected chi connectivity index (χ1v) is 9.61. The van der Waals surface area contributed by atoms with Crippen LogP contribution in [0.5, 0.6) is 0 Å². The quantitative estimate of drug-likeness (QED) is 0.787. The fraction of sp³-hybridized carbons (Fsp3) is 0.409. The van der Waals surface area contributed by atoms with Crippen LogP contribution in [-0.2, 0) is 9.53 Å². The predicted octanol–water partition coefficient (Wildman–Crippen LogP) is 4.13. The highest BCUT2D eigenvalue weighted by Gasteiger charge is 2.40. The second-order valence-electron chi connectivity index (χ2n) is 7.49. The van der Waals surface area contributed by atoms with Crippen LogP contribution in [0.4, 0.5) is 4.39 Å². The minimum absolute atomic E-state index is 0.0847. The van der Waals surface area contributed by atoms with Crippen molar-refractivity contribution in [2.45, 2.75) is 45.6 Å². The molecule has 2 atom stereocenters. The molecule has 1 heterocycles. The SMILES string of the molecule is CCOC(=O)C1(C)CCCC(NC(=O)c2ccc(-c3cccc(F)c3)nc2)C1. The average Bonchev–Trinajstić information content (AvgIpc) is 2.68. The topological polar surface area (TPSA) is 68.3 Å². The van der Waals surface area contributed by atoms with Crippen molar-refractivity contribution in [3.8, 4) is 11.3 Å². The molecule has 2 aromatic rings. The summed E-state index contributed by atoms with van der Waals surface area (Å²) in [6, 6.07) is 9.46. The molecule has 28 heavy (non-hydrogen) atoms. The predicted molar refractivity (Wildman–Crippen MR) is 104 cm³/mol. The molecule has 148 valence electrons. The number of ether oxygens (including phenoxy) is 1. The standard InChI is InChI=1S/C22H25FN2O3/c1-3-28-21(27)22(2)11-5-8-18(13-22)25-20(26)16-9-10-19(24-14-16)15-6-4-7-17(23)12-15/h4,6-7,9-10,12,14,18H,3,5,8,11,13H2,1-2H3,(H,25,26). The molecule has 1 saturated carbocycles. The van der Waals surface area contributed by atoms with Gasteiger partial charge in [-0.15, -0.1) is 0 Å². The highest BCUT2D eigenvalue weighted by molar-refractivity contribution is 5.94. The molecule has 3 rings (SSSR count). The van der Waals surface area contributed by atoms with E-state index in [0.29, 0.717) is 29.8 Å². The number of aromatic nitrogens is 1. The van der Waals surface area contributed by atoms with Gasteiger partial charge in [0.1, 0.15) is 5.82 Å². The summed E-state index contributed by atoms with van der Waals surface area (Å²) in [5, 5.41) is 3.01. The molecular formula is C22H25FN2O3. The van der Waals surface area contributed by atoms with E-state index in [1.54, 1.807) is 31.2 Å². The number of carbonyl (C=O) groups is 2. The lowest BCUT2D eigenvalue weighted by Crippen LogP contribution is -2.45. The molecule has 0 aliphatic heterocycles. The zero-order valence-electron chi connectivity index (χ0n) is 16.2. The molecule has 1 fully saturated rings. The van der Waals surface area contributed by atoms with Crippen molar-refractivity contribution >= 4 is 11.9 Å². The van der Waals surface area contributed by atoms with E-state index in [-0.39, 0.29) is 23.7 Å². The smallest absolute Gasteiger partial charge is 0.311 e. The molecule has 1 aromatic carbocycles. The number of halogens is 1. The molecular weight excluding hydrogens is 359 g/mol. The van der Waals surface area contributed by atoms with Crippen molar-refractivity contribution in [3.05, 3.63) is 54.0 Å². The Morgan fingerprint density at radius 3 is 2.82 bits per heavy atom. The van der Waals surface area contributed by atoms with Gasteiger partial charge in [0.05, 0.1) is 23.3 Å². The van der Waals surface area contributed by atoms with Gasteiger partial charge in [0, 0.05) is 17.8 Å². The van der Waals surface area contributed by atoms with Crippen LogP contribution in [0.1, 0.15) is 49.9 Å². The van der Waals surface area contributed by atoms with Crippen molar-refractivity contribution in [1.82, 2.24) is 10.3 Å².